The summed E-state index contributed by atoms with van der Waals surface area (Å²) < 4.78 is 3.86. The zero-order valence-electron chi connectivity index (χ0n) is 15.4. The molecule has 26 heavy (non-hydrogen) atoms. The smallest absolute Gasteiger partial charge is 0.277 e. The molecule has 0 aliphatic carbocycles. The molecule has 0 fully saturated rings. The van der Waals surface area contributed by atoms with Crippen LogP contribution in [0.2, 0.25) is 0 Å². The van der Waals surface area contributed by atoms with Gasteiger partial charge in [-0.15, -0.1) is 0 Å². The molecule has 0 atom stereocenters. The van der Waals surface area contributed by atoms with Crippen molar-refractivity contribution in [2.75, 3.05) is 0 Å². The van der Waals surface area contributed by atoms with Crippen LogP contribution in [0.25, 0.3) is 21.9 Å². The first-order valence-corrected chi connectivity index (χ1v) is 9.22. The summed E-state index contributed by atoms with van der Waals surface area (Å²) >= 11 is 1.26. The van der Waals surface area contributed by atoms with E-state index in [9.17, 15) is 9.59 Å². The molecule has 6 heteroatoms. The van der Waals surface area contributed by atoms with E-state index < -0.39 is 0 Å². The molecular formula is C20H19N3O2S. The van der Waals surface area contributed by atoms with Crippen molar-refractivity contribution < 1.29 is 0 Å². The van der Waals surface area contributed by atoms with Gasteiger partial charge in [-0.1, -0.05) is 29.5 Å². The number of para-hydroxylation sites is 1. The molecule has 0 saturated heterocycles. The topological polar surface area (TPSA) is 56.4 Å². The highest BCUT2D eigenvalue weighted by molar-refractivity contribution is 7.15. The molecule has 4 aromatic rings. The van der Waals surface area contributed by atoms with Gasteiger partial charge in [-0.2, -0.15) is 0 Å². The van der Waals surface area contributed by atoms with Crippen LogP contribution in [0, 0.1) is 27.7 Å². The summed E-state index contributed by atoms with van der Waals surface area (Å²) in [5.74, 6) is 0. The third kappa shape index (κ3) is 2.18. The minimum Gasteiger partial charge on any atom is -0.347 e. The summed E-state index contributed by atoms with van der Waals surface area (Å²) in [6.07, 6.45) is 1.89. The Morgan fingerprint density at radius 3 is 2.54 bits per heavy atom. The first-order valence-electron chi connectivity index (χ1n) is 8.40. The van der Waals surface area contributed by atoms with Gasteiger partial charge in [0.2, 0.25) is 4.96 Å². The molecule has 0 spiro atoms. The van der Waals surface area contributed by atoms with E-state index in [1.165, 1.54) is 21.3 Å². The molecule has 3 aromatic heterocycles. The fourth-order valence-electron chi connectivity index (χ4n) is 3.46. The molecule has 1 aromatic carbocycles. The van der Waals surface area contributed by atoms with Gasteiger partial charge < -0.3 is 4.57 Å². The molecule has 3 heterocycles. The Labute approximate surface area is 153 Å². The number of nitrogens with zero attached hydrogens (tertiary/aromatic N) is 3. The number of aryl methyl sites for hydroxylation is 3. The normalized spacial score (nSPS) is 12.6. The van der Waals surface area contributed by atoms with E-state index in [2.05, 4.69) is 28.6 Å². The first-order chi connectivity index (χ1) is 12.3. The second kappa shape index (κ2) is 5.64. The maximum Gasteiger partial charge on any atom is 0.277 e. The Bertz CT molecular complexity index is 1370. The summed E-state index contributed by atoms with van der Waals surface area (Å²) in [5, 5.41) is 1.11. The third-order valence-corrected chi connectivity index (χ3v) is 6.14. The molecule has 0 unspecified atom stereocenters. The highest BCUT2D eigenvalue weighted by Gasteiger charge is 2.15. The van der Waals surface area contributed by atoms with Gasteiger partial charge in [-0.3, -0.25) is 9.59 Å². The Morgan fingerprint density at radius 2 is 1.81 bits per heavy atom. The lowest BCUT2D eigenvalue weighted by molar-refractivity contribution is 0.912. The van der Waals surface area contributed by atoms with Crippen molar-refractivity contribution in [2.45, 2.75) is 27.7 Å². The van der Waals surface area contributed by atoms with Crippen molar-refractivity contribution in [1.82, 2.24) is 14.0 Å². The fourth-order valence-corrected chi connectivity index (χ4v) is 4.45. The van der Waals surface area contributed by atoms with Crippen LogP contribution < -0.4 is 15.7 Å². The standard InChI is InChI=1S/C20H19N3O2S/c1-10-7-6-8-14-15(13(4)22(5)17(10)14)9-16-19(25)23-18(24)11(2)12(3)21-20(23)26-16/h6-9H,1-5H3/b16-9-. The van der Waals surface area contributed by atoms with E-state index in [0.29, 0.717) is 20.8 Å². The monoisotopic (exact) mass is 365 g/mol. The van der Waals surface area contributed by atoms with Gasteiger partial charge in [0.1, 0.15) is 0 Å². The maximum absolute atomic E-state index is 12.8. The van der Waals surface area contributed by atoms with E-state index in [1.807, 2.05) is 26.1 Å². The van der Waals surface area contributed by atoms with Crippen LogP contribution in [0.4, 0.5) is 0 Å². The highest BCUT2D eigenvalue weighted by atomic mass is 32.1. The average molecular weight is 365 g/mol. The summed E-state index contributed by atoms with van der Waals surface area (Å²) in [6, 6.07) is 6.17. The lowest BCUT2D eigenvalue weighted by Crippen LogP contribution is -2.32. The number of hydrogen-bond donors (Lipinski definition) is 0. The number of thiazole rings is 1. The zero-order chi connectivity index (χ0) is 18.7. The molecule has 0 aliphatic heterocycles. The van der Waals surface area contributed by atoms with Crippen molar-refractivity contribution in [3.8, 4) is 0 Å². The van der Waals surface area contributed by atoms with E-state index >= 15 is 0 Å². The van der Waals surface area contributed by atoms with Crippen LogP contribution in [-0.2, 0) is 7.05 Å². The zero-order valence-corrected chi connectivity index (χ0v) is 16.2. The van der Waals surface area contributed by atoms with Crippen molar-refractivity contribution in [2.24, 2.45) is 7.05 Å². The Morgan fingerprint density at radius 1 is 1.08 bits per heavy atom. The van der Waals surface area contributed by atoms with E-state index in [4.69, 9.17) is 0 Å². The average Bonchev–Trinajstić information content (AvgIpc) is 3.03. The number of aromatic nitrogens is 3. The van der Waals surface area contributed by atoms with Crippen LogP contribution in [-0.4, -0.2) is 14.0 Å². The van der Waals surface area contributed by atoms with Crippen molar-refractivity contribution in [3.63, 3.8) is 0 Å². The molecular weight excluding hydrogens is 346 g/mol. The minimum atomic E-state index is -0.297. The SMILES string of the molecule is Cc1nc2s/c(=C\c3c(C)n(C)c4c(C)cccc34)c(=O)n2c(=O)c1C. The third-order valence-electron chi connectivity index (χ3n) is 5.17. The lowest BCUT2D eigenvalue weighted by Gasteiger charge is -2.01. The van der Waals surface area contributed by atoms with E-state index in [1.54, 1.807) is 13.8 Å². The number of benzene rings is 1. The van der Waals surface area contributed by atoms with Gasteiger partial charge in [0.05, 0.1) is 10.0 Å². The largest absolute Gasteiger partial charge is 0.347 e. The van der Waals surface area contributed by atoms with Gasteiger partial charge in [0.25, 0.3) is 11.1 Å². The molecule has 0 radical (unpaired) electrons. The number of fused-ring (bicyclic) bond motifs is 2. The van der Waals surface area contributed by atoms with Crippen LogP contribution in [0.1, 0.15) is 28.1 Å². The fraction of sp³-hybridized carbons (Fsp3) is 0.250. The second-order valence-electron chi connectivity index (χ2n) is 6.69. The Balaban J connectivity index is 2.13. The summed E-state index contributed by atoms with van der Waals surface area (Å²) in [4.78, 5) is 30.2. The highest BCUT2D eigenvalue weighted by Crippen LogP contribution is 2.27. The summed E-state index contributed by atoms with van der Waals surface area (Å²) in [6.45, 7) is 7.62. The lowest BCUT2D eigenvalue weighted by atomic mass is 10.1. The van der Waals surface area contributed by atoms with Gasteiger partial charge >= 0.3 is 0 Å². The maximum atomic E-state index is 12.8. The number of hydrogen-bond acceptors (Lipinski definition) is 4. The van der Waals surface area contributed by atoms with Crippen LogP contribution >= 0.6 is 11.3 Å². The van der Waals surface area contributed by atoms with Gasteiger partial charge in [0.15, 0.2) is 0 Å². The van der Waals surface area contributed by atoms with Crippen LogP contribution in [0.3, 0.4) is 0 Å². The van der Waals surface area contributed by atoms with Crippen LogP contribution in [0.15, 0.2) is 27.8 Å². The van der Waals surface area contributed by atoms with Crippen molar-refractivity contribution in [1.29, 1.82) is 0 Å². The molecule has 5 nitrogen and oxygen atoms in total. The van der Waals surface area contributed by atoms with Gasteiger partial charge in [-0.05, 0) is 39.3 Å². The molecule has 0 amide bonds. The molecule has 0 N–H and O–H groups in total. The summed E-state index contributed by atoms with van der Waals surface area (Å²) in [5.41, 5.74) is 5.05. The second-order valence-corrected chi connectivity index (χ2v) is 7.70. The molecule has 132 valence electrons. The number of rotatable bonds is 1. The Kier molecular flexibility index (Phi) is 3.63. The minimum absolute atomic E-state index is 0.279. The van der Waals surface area contributed by atoms with E-state index in [0.717, 1.165) is 22.2 Å². The Hall–Kier alpha value is -2.73. The van der Waals surface area contributed by atoms with Gasteiger partial charge in [0, 0.05) is 34.9 Å². The first kappa shape index (κ1) is 16.7. The van der Waals surface area contributed by atoms with Crippen LogP contribution in [0.5, 0.6) is 0 Å². The van der Waals surface area contributed by atoms with Gasteiger partial charge in [-0.25, -0.2) is 9.38 Å². The predicted molar refractivity (Wildman–Crippen MR) is 106 cm³/mol. The summed E-state index contributed by atoms with van der Waals surface area (Å²) in [7, 11) is 2.03. The van der Waals surface area contributed by atoms with Crippen molar-refractivity contribution >= 4 is 33.3 Å². The van der Waals surface area contributed by atoms with Crippen molar-refractivity contribution in [3.05, 3.63) is 71.5 Å². The quantitative estimate of drug-likeness (QED) is 0.520. The molecule has 4 rings (SSSR count). The van der Waals surface area contributed by atoms with E-state index in [-0.39, 0.29) is 11.1 Å². The molecule has 0 bridgehead atoms. The predicted octanol–water partition coefficient (Wildman–Crippen LogP) is 2.39. The molecule has 0 saturated carbocycles. The molecule has 0 aliphatic rings.